The van der Waals surface area contributed by atoms with Gasteiger partial charge in [0.15, 0.2) is 11.5 Å². The molecule has 0 radical (unpaired) electrons. The van der Waals surface area contributed by atoms with E-state index in [2.05, 4.69) is 10.6 Å². The molecule has 0 aliphatic rings. The monoisotopic (exact) mass is 318 g/mol. The van der Waals surface area contributed by atoms with Crippen LogP contribution in [0.25, 0.3) is 0 Å². The maximum Gasteiger partial charge on any atom is 0.319 e. The number of carbonyl (C=O) groups excluding carboxylic acids is 1. The van der Waals surface area contributed by atoms with Crippen LogP contribution in [-0.4, -0.2) is 26.3 Å². The zero-order valence-corrected chi connectivity index (χ0v) is 13.1. The fourth-order valence-electron chi connectivity index (χ4n) is 1.93. The van der Waals surface area contributed by atoms with Crippen LogP contribution in [0.1, 0.15) is 5.56 Å². The van der Waals surface area contributed by atoms with Gasteiger partial charge >= 0.3 is 6.03 Å². The van der Waals surface area contributed by atoms with E-state index >= 15 is 0 Å². The standard InChI is InChI=1S/C17H19FN2O3/c1-12-3-8-15(16(11-12)22-2)23-10-9-19-17(21)20-14-6-4-13(18)5-7-14/h3-8,11H,9-10H2,1-2H3,(H2,19,20,21). The first-order chi connectivity index (χ1) is 11.1. The molecular formula is C17H19FN2O3. The van der Waals surface area contributed by atoms with Crippen molar-refractivity contribution in [2.24, 2.45) is 0 Å². The Morgan fingerprint density at radius 3 is 2.57 bits per heavy atom. The zero-order chi connectivity index (χ0) is 16.7. The quantitative estimate of drug-likeness (QED) is 0.803. The number of aryl methyl sites for hydroxylation is 1. The van der Waals surface area contributed by atoms with Crippen LogP contribution >= 0.6 is 0 Å². The molecule has 5 nitrogen and oxygen atoms in total. The van der Waals surface area contributed by atoms with Gasteiger partial charge in [0, 0.05) is 5.69 Å². The lowest BCUT2D eigenvalue weighted by atomic mass is 10.2. The molecule has 0 heterocycles. The number of hydrogen-bond donors (Lipinski definition) is 2. The Morgan fingerprint density at radius 1 is 1.13 bits per heavy atom. The van der Waals surface area contributed by atoms with E-state index in [0.29, 0.717) is 30.3 Å². The summed E-state index contributed by atoms with van der Waals surface area (Å²) < 4.78 is 23.6. The predicted octanol–water partition coefficient (Wildman–Crippen LogP) is 3.34. The van der Waals surface area contributed by atoms with Gasteiger partial charge in [-0.15, -0.1) is 0 Å². The number of anilines is 1. The van der Waals surface area contributed by atoms with Crippen molar-refractivity contribution in [1.82, 2.24) is 5.32 Å². The largest absolute Gasteiger partial charge is 0.493 e. The number of hydrogen-bond acceptors (Lipinski definition) is 3. The maximum atomic E-state index is 12.8. The third kappa shape index (κ3) is 5.18. The molecule has 2 rings (SSSR count). The summed E-state index contributed by atoms with van der Waals surface area (Å²) in [6, 6.07) is 10.8. The van der Waals surface area contributed by atoms with Crippen LogP contribution in [0.4, 0.5) is 14.9 Å². The highest BCUT2D eigenvalue weighted by Gasteiger charge is 2.05. The minimum absolute atomic E-state index is 0.302. The fraction of sp³-hybridized carbons (Fsp3) is 0.235. The van der Waals surface area contributed by atoms with Crippen molar-refractivity contribution >= 4 is 11.7 Å². The number of halogens is 1. The van der Waals surface area contributed by atoms with Gasteiger partial charge < -0.3 is 20.1 Å². The van der Waals surface area contributed by atoms with Crippen molar-refractivity contribution in [3.05, 3.63) is 53.8 Å². The first kappa shape index (κ1) is 16.6. The van der Waals surface area contributed by atoms with Gasteiger partial charge in [-0.1, -0.05) is 6.07 Å². The fourth-order valence-corrected chi connectivity index (χ4v) is 1.93. The van der Waals surface area contributed by atoms with Crippen molar-refractivity contribution < 1.29 is 18.7 Å². The van der Waals surface area contributed by atoms with E-state index in [-0.39, 0.29) is 11.8 Å². The molecule has 0 aromatic heterocycles. The number of urea groups is 1. The molecule has 0 aliphatic carbocycles. The first-order valence-corrected chi connectivity index (χ1v) is 7.16. The third-order valence-corrected chi connectivity index (χ3v) is 3.07. The van der Waals surface area contributed by atoms with Gasteiger partial charge in [-0.2, -0.15) is 0 Å². The smallest absolute Gasteiger partial charge is 0.319 e. The molecular weight excluding hydrogens is 299 g/mol. The Balaban J connectivity index is 1.74. The summed E-state index contributed by atoms with van der Waals surface area (Å²) in [4.78, 5) is 11.7. The molecule has 23 heavy (non-hydrogen) atoms. The molecule has 0 bridgehead atoms. The summed E-state index contributed by atoms with van der Waals surface area (Å²) in [5, 5.41) is 5.26. The number of carbonyl (C=O) groups is 1. The van der Waals surface area contributed by atoms with E-state index in [1.807, 2.05) is 25.1 Å². The normalized spacial score (nSPS) is 10.0. The summed E-state index contributed by atoms with van der Waals surface area (Å²) in [7, 11) is 1.58. The molecule has 122 valence electrons. The van der Waals surface area contributed by atoms with Gasteiger partial charge in [-0.25, -0.2) is 9.18 Å². The van der Waals surface area contributed by atoms with Gasteiger partial charge in [0.2, 0.25) is 0 Å². The number of ether oxygens (including phenoxy) is 2. The van der Waals surface area contributed by atoms with Gasteiger partial charge in [-0.05, 0) is 48.9 Å². The molecule has 0 spiro atoms. The van der Waals surface area contributed by atoms with E-state index in [4.69, 9.17) is 9.47 Å². The minimum Gasteiger partial charge on any atom is -0.493 e. The number of rotatable bonds is 6. The van der Waals surface area contributed by atoms with E-state index in [1.165, 1.54) is 24.3 Å². The van der Waals surface area contributed by atoms with Gasteiger partial charge in [0.25, 0.3) is 0 Å². The highest BCUT2D eigenvalue weighted by molar-refractivity contribution is 5.89. The number of methoxy groups -OCH3 is 1. The van der Waals surface area contributed by atoms with E-state index in [1.54, 1.807) is 7.11 Å². The molecule has 2 aromatic rings. The lowest BCUT2D eigenvalue weighted by Crippen LogP contribution is -2.32. The van der Waals surface area contributed by atoms with E-state index in [9.17, 15) is 9.18 Å². The number of nitrogens with one attached hydrogen (secondary N) is 2. The molecule has 0 unspecified atom stereocenters. The highest BCUT2D eigenvalue weighted by atomic mass is 19.1. The Kier molecular flexibility index (Phi) is 5.80. The lowest BCUT2D eigenvalue weighted by molar-refractivity contribution is 0.246. The molecule has 0 saturated heterocycles. The molecule has 2 N–H and O–H groups in total. The summed E-state index contributed by atoms with van der Waals surface area (Å²) in [6.07, 6.45) is 0. The molecule has 0 saturated carbocycles. The van der Waals surface area contributed by atoms with Crippen molar-refractivity contribution in [2.45, 2.75) is 6.92 Å². The Hall–Kier alpha value is -2.76. The van der Waals surface area contributed by atoms with Crippen molar-refractivity contribution in [1.29, 1.82) is 0 Å². The van der Waals surface area contributed by atoms with Gasteiger partial charge in [-0.3, -0.25) is 0 Å². The lowest BCUT2D eigenvalue weighted by Gasteiger charge is -2.12. The van der Waals surface area contributed by atoms with Gasteiger partial charge in [0.1, 0.15) is 12.4 Å². The molecule has 0 atom stereocenters. The van der Waals surface area contributed by atoms with Crippen LogP contribution in [0.15, 0.2) is 42.5 Å². The highest BCUT2D eigenvalue weighted by Crippen LogP contribution is 2.27. The summed E-state index contributed by atoms with van der Waals surface area (Å²) >= 11 is 0. The molecule has 2 amide bonds. The topological polar surface area (TPSA) is 59.6 Å². The third-order valence-electron chi connectivity index (χ3n) is 3.07. The van der Waals surface area contributed by atoms with Crippen LogP contribution in [0.3, 0.4) is 0 Å². The summed E-state index contributed by atoms with van der Waals surface area (Å²) in [6.45, 7) is 2.59. The molecule has 2 aromatic carbocycles. The van der Waals surface area contributed by atoms with Crippen molar-refractivity contribution in [3.8, 4) is 11.5 Å². The minimum atomic E-state index is -0.379. The van der Waals surface area contributed by atoms with Crippen LogP contribution in [0.2, 0.25) is 0 Å². The Morgan fingerprint density at radius 2 is 1.87 bits per heavy atom. The molecule has 6 heteroatoms. The van der Waals surface area contributed by atoms with Crippen LogP contribution in [0, 0.1) is 12.7 Å². The van der Waals surface area contributed by atoms with Crippen LogP contribution < -0.4 is 20.1 Å². The maximum absolute atomic E-state index is 12.8. The number of amides is 2. The molecule has 0 fully saturated rings. The Bertz CT molecular complexity index is 659. The van der Waals surface area contributed by atoms with Crippen LogP contribution in [0.5, 0.6) is 11.5 Å². The molecule has 0 aliphatic heterocycles. The summed E-state index contributed by atoms with van der Waals surface area (Å²) in [5.41, 5.74) is 1.59. The van der Waals surface area contributed by atoms with Crippen molar-refractivity contribution in [2.75, 3.05) is 25.6 Å². The van der Waals surface area contributed by atoms with Gasteiger partial charge in [0.05, 0.1) is 13.7 Å². The second-order valence-corrected chi connectivity index (χ2v) is 4.89. The zero-order valence-electron chi connectivity index (χ0n) is 13.1. The summed E-state index contributed by atoms with van der Waals surface area (Å²) in [5.74, 6) is 0.927. The van der Waals surface area contributed by atoms with Crippen molar-refractivity contribution in [3.63, 3.8) is 0 Å². The SMILES string of the molecule is COc1cc(C)ccc1OCCNC(=O)Nc1ccc(F)cc1. The second-order valence-electron chi connectivity index (χ2n) is 4.89. The Labute approximate surface area is 134 Å². The van der Waals surface area contributed by atoms with E-state index in [0.717, 1.165) is 5.56 Å². The second kappa shape index (κ2) is 8.03. The average Bonchev–Trinajstić information content (AvgIpc) is 2.54. The first-order valence-electron chi connectivity index (χ1n) is 7.16. The van der Waals surface area contributed by atoms with Crippen LogP contribution in [-0.2, 0) is 0 Å². The van der Waals surface area contributed by atoms with E-state index < -0.39 is 0 Å². The number of benzene rings is 2. The predicted molar refractivity (Wildman–Crippen MR) is 86.6 cm³/mol. The average molecular weight is 318 g/mol.